The lowest BCUT2D eigenvalue weighted by molar-refractivity contribution is 0.0472. The first-order chi connectivity index (χ1) is 10.9. The van der Waals surface area contributed by atoms with Gasteiger partial charge in [-0.2, -0.15) is 0 Å². The second-order valence-corrected chi connectivity index (χ2v) is 4.88. The lowest BCUT2D eigenvalue weighted by Gasteiger charge is -2.08. The van der Waals surface area contributed by atoms with Crippen LogP contribution in [-0.2, 0) is 11.3 Å². The molecule has 0 heterocycles. The van der Waals surface area contributed by atoms with Crippen LogP contribution in [0.4, 0.5) is 0 Å². The van der Waals surface area contributed by atoms with Crippen LogP contribution in [0.3, 0.4) is 0 Å². The molecule has 118 valence electrons. The van der Waals surface area contributed by atoms with Gasteiger partial charge in [-0.15, -0.1) is 0 Å². The molecule has 2 aromatic rings. The van der Waals surface area contributed by atoms with Crippen molar-refractivity contribution >= 4 is 31.1 Å². The van der Waals surface area contributed by atoms with E-state index in [-0.39, 0.29) is 28.8 Å². The van der Waals surface area contributed by atoms with Crippen LogP contribution in [0.1, 0.15) is 15.9 Å². The number of ether oxygens (including phenoxy) is 1. The van der Waals surface area contributed by atoms with E-state index in [1.807, 2.05) is 0 Å². The van der Waals surface area contributed by atoms with Gasteiger partial charge < -0.3 is 29.9 Å². The molecule has 9 heteroatoms. The zero-order chi connectivity index (χ0) is 17.0. The zero-order valence-electron chi connectivity index (χ0n) is 12.0. The molecule has 0 unspecified atom stereocenters. The van der Waals surface area contributed by atoms with Crippen LogP contribution in [0.25, 0.3) is 0 Å². The summed E-state index contributed by atoms with van der Waals surface area (Å²) in [5, 5.41) is 45.8. The second-order valence-electron chi connectivity index (χ2n) is 4.88. The minimum atomic E-state index is -1.82. The van der Waals surface area contributed by atoms with E-state index in [0.717, 1.165) is 12.1 Å². The highest BCUT2D eigenvalue weighted by Crippen LogP contribution is 2.12. The van der Waals surface area contributed by atoms with E-state index in [1.54, 1.807) is 12.1 Å². The minimum absolute atomic E-state index is 0.0357. The molecule has 0 aliphatic carbocycles. The Morgan fingerprint density at radius 1 is 0.957 bits per heavy atom. The highest BCUT2D eigenvalue weighted by Gasteiger charge is 2.17. The standard InChI is InChI=1S/C14H14B2O7/c17-13-6-10(5-12(7-13)16(21)22)14(18)23-8-9-2-1-3-11(4-9)15(19)20/h1-7,17,19-22H,8H2. The van der Waals surface area contributed by atoms with Gasteiger partial charge in [0.1, 0.15) is 12.4 Å². The molecule has 0 aliphatic heterocycles. The summed E-state index contributed by atoms with van der Waals surface area (Å²) in [6.07, 6.45) is 0. The summed E-state index contributed by atoms with van der Waals surface area (Å²) in [5.41, 5.74) is 0.738. The maximum absolute atomic E-state index is 12.0. The average Bonchev–Trinajstić information content (AvgIpc) is 2.52. The van der Waals surface area contributed by atoms with Crippen molar-refractivity contribution in [1.82, 2.24) is 0 Å². The van der Waals surface area contributed by atoms with Crippen LogP contribution in [-0.4, -0.2) is 45.4 Å². The Kier molecular flexibility index (Phi) is 5.41. The Balaban J connectivity index is 2.09. The maximum Gasteiger partial charge on any atom is 0.488 e. The van der Waals surface area contributed by atoms with Gasteiger partial charge in [0.05, 0.1) is 5.56 Å². The van der Waals surface area contributed by atoms with Gasteiger partial charge in [-0.05, 0) is 34.7 Å². The molecule has 0 radical (unpaired) electrons. The van der Waals surface area contributed by atoms with E-state index < -0.39 is 20.2 Å². The second kappa shape index (κ2) is 7.30. The Hall–Kier alpha value is -2.32. The Morgan fingerprint density at radius 3 is 2.30 bits per heavy atom. The van der Waals surface area contributed by atoms with Gasteiger partial charge in [0.25, 0.3) is 0 Å². The normalized spacial score (nSPS) is 10.3. The summed E-state index contributed by atoms with van der Waals surface area (Å²) in [7, 11) is -3.44. The molecule has 0 saturated carbocycles. The molecule has 0 spiro atoms. The fraction of sp³-hybridized carbons (Fsp3) is 0.0714. The molecule has 2 rings (SSSR count). The average molecular weight is 316 g/mol. The Bertz CT molecular complexity index is 703. The van der Waals surface area contributed by atoms with Gasteiger partial charge in [0.15, 0.2) is 0 Å². The van der Waals surface area contributed by atoms with Gasteiger partial charge in [-0.25, -0.2) is 4.79 Å². The highest BCUT2D eigenvalue weighted by atomic mass is 16.5. The lowest BCUT2D eigenvalue weighted by atomic mass is 9.79. The SMILES string of the molecule is O=C(OCc1cccc(B(O)O)c1)c1cc(O)cc(B(O)O)c1. The molecule has 5 N–H and O–H groups in total. The molecule has 0 aliphatic rings. The van der Waals surface area contributed by atoms with Crippen molar-refractivity contribution in [2.45, 2.75) is 6.61 Å². The van der Waals surface area contributed by atoms with Gasteiger partial charge in [-0.3, -0.25) is 0 Å². The van der Waals surface area contributed by atoms with Crippen molar-refractivity contribution in [1.29, 1.82) is 0 Å². The summed E-state index contributed by atoms with van der Waals surface area (Å²) in [6.45, 7) is -0.119. The van der Waals surface area contributed by atoms with Crippen molar-refractivity contribution < 1.29 is 34.7 Å². The molecule has 7 nitrogen and oxygen atoms in total. The van der Waals surface area contributed by atoms with Crippen LogP contribution in [0.5, 0.6) is 5.75 Å². The summed E-state index contributed by atoms with van der Waals surface area (Å²) in [6, 6.07) is 9.68. The number of benzene rings is 2. The molecular weight excluding hydrogens is 302 g/mol. The third-order valence-corrected chi connectivity index (χ3v) is 3.09. The zero-order valence-corrected chi connectivity index (χ0v) is 12.0. The van der Waals surface area contributed by atoms with Crippen LogP contribution >= 0.6 is 0 Å². The molecule has 2 aromatic carbocycles. The van der Waals surface area contributed by atoms with E-state index in [0.29, 0.717) is 5.56 Å². The summed E-state index contributed by atoms with van der Waals surface area (Å²) < 4.78 is 5.06. The first kappa shape index (κ1) is 17.0. The smallest absolute Gasteiger partial charge is 0.488 e. The summed E-state index contributed by atoms with van der Waals surface area (Å²) in [4.78, 5) is 12.0. The molecule has 0 aromatic heterocycles. The lowest BCUT2D eigenvalue weighted by Crippen LogP contribution is -2.30. The molecule has 23 heavy (non-hydrogen) atoms. The quantitative estimate of drug-likeness (QED) is 0.322. The highest BCUT2D eigenvalue weighted by molar-refractivity contribution is 6.59. The number of hydrogen-bond acceptors (Lipinski definition) is 7. The molecular formula is C14H14B2O7. The first-order valence-electron chi connectivity index (χ1n) is 6.69. The number of rotatable bonds is 5. The van der Waals surface area contributed by atoms with Crippen molar-refractivity contribution in [2.75, 3.05) is 0 Å². The molecule has 0 saturated heterocycles. The minimum Gasteiger partial charge on any atom is -0.508 e. The number of hydrogen-bond donors (Lipinski definition) is 5. The largest absolute Gasteiger partial charge is 0.508 e. The summed E-state index contributed by atoms with van der Waals surface area (Å²) >= 11 is 0. The van der Waals surface area contributed by atoms with E-state index in [4.69, 9.17) is 24.8 Å². The Morgan fingerprint density at radius 2 is 1.65 bits per heavy atom. The maximum atomic E-state index is 12.0. The molecule has 0 atom stereocenters. The fourth-order valence-corrected chi connectivity index (χ4v) is 1.98. The number of carbonyl (C=O) groups excluding carboxylic acids is 1. The Labute approximate surface area is 132 Å². The topological polar surface area (TPSA) is 127 Å². The predicted octanol–water partition coefficient (Wildman–Crippen LogP) is -1.89. The van der Waals surface area contributed by atoms with Crippen molar-refractivity contribution in [3.63, 3.8) is 0 Å². The van der Waals surface area contributed by atoms with Crippen molar-refractivity contribution in [3.8, 4) is 5.75 Å². The van der Waals surface area contributed by atoms with E-state index >= 15 is 0 Å². The van der Waals surface area contributed by atoms with E-state index in [1.165, 1.54) is 18.2 Å². The predicted molar refractivity (Wildman–Crippen MR) is 83.3 cm³/mol. The number of aromatic hydroxyl groups is 1. The fourth-order valence-electron chi connectivity index (χ4n) is 1.98. The van der Waals surface area contributed by atoms with Gasteiger partial charge >= 0.3 is 20.2 Å². The van der Waals surface area contributed by atoms with Crippen molar-refractivity contribution in [3.05, 3.63) is 53.6 Å². The van der Waals surface area contributed by atoms with Gasteiger partial charge in [0, 0.05) is 0 Å². The molecule has 0 fully saturated rings. The number of esters is 1. The molecule has 0 amide bonds. The summed E-state index contributed by atoms with van der Waals surface area (Å²) in [5.74, 6) is -1.06. The number of phenolic OH excluding ortho intramolecular Hbond substituents is 1. The van der Waals surface area contributed by atoms with Crippen LogP contribution in [0.2, 0.25) is 0 Å². The van der Waals surface area contributed by atoms with E-state index in [2.05, 4.69) is 0 Å². The van der Waals surface area contributed by atoms with Crippen LogP contribution in [0, 0.1) is 0 Å². The third-order valence-electron chi connectivity index (χ3n) is 3.09. The monoisotopic (exact) mass is 316 g/mol. The van der Waals surface area contributed by atoms with Gasteiger partial charge in [-0.1, -0.05) is 24.3 Å². The van der Waals surface area contributed by atoms with E-state index in [9.17, 15) is 9.90 Å². The van der Waals surface area contributed by atoms with Crippen LogP contribution < -0.4 is 10.9 Å². The third kappa shape index (κ3) is 4.57. The van der Waals surface area contributed by atoms with Crippen molar-refractivity contribution in [2.24, 2.45) is 0 Å². The number of carbonyl (C=O) groups is 1. The van der Waals surface area contributed by atoms with Gasteiger partial charge in [0.2, 0.25) is 0 Å². The molecule has 0 bridgehead atoms. The van der Waals surface area contributed by atoms with Crippen LogP contribution in [0.15, 0.2) is 42.5 Å². The first-order valence-corrected chi connectivity index (χ1v) is 6.69. The number of phenols is 1.